The average molecular weight is 342 g/mol. The Morgan fingerprint density at radius 1 is 1.33 bits per heavy atom. The molecule has 0 radical (unpaired) electrons. The average Bonchev–Trinajstić information content (AvgIpc) is 3.25. The van der Waals surface area contributed by atoms with Crippen molar-refractivity contribution in [2.75, 3.05) is 5.75 Å². The van der Waals surface area contributed by atoms with Crippen LogP contribution in [0.5, 0.6) is 0 Å². The van der Waals surface area contributed by atoms with Gasteiger partial charge >= 0.3 is 0 Å². The molecule has 1 aromatic carbocycles. The van der Waals surface area contributed by atoms with Crippen LogP contribution in [0, 0.1) is 6.92 Å². The molecular weight excluding hydrogens is 324 g/mol. The number of amides is 1. The molecule has 2 N–H and O–H groups in total. The van der Waals surface area contributed by atoms with Crippen molar-refractivity contribution in [2.45, 2.75) is 25.0 Å². The number of thioether (sulfide) groups is 1. The van der Waals surface area contributed by atoms with Crippen molar-refractivity contribution in [2.24, 2.45) is 0 Å². The molecule has 0 aliphatic heterocycles. The van der Waals surface area contributed by atoms with Crippen LogP contribution in [0.2, 0.25) is 0 Å². The standard InChI is InChI=1S/C17H18N4O2S/c1-11-5-7-13(8-6-11)16-19-17(21-20-16)24-10-15(22)18-12(2)14-4-3-9-23-14/h3-9,12H,10H2,1-2H3,(H,18,22)(H,19,20,21)/t12-/m1/s1. The van der Waals surface area contributed by atoms with Gasteiger partial charge in [-0.15, -0.1) is 5.10 Å². The molecule has 7 heteroatoms. The van der Waals surface area contributed by atoms with Crippen molar-refractivity contribution >= 4 is 17.7 Å². The molecule has 1 atom stereocenters. The monoisotopic (exact) mass is 342 g/mol. The molecule has 124 valence electrons. The van der Waals surface area contributed by atoms with Gasteiger partial charge in [-0.3, -0.25) is 9.89 Å². The first-order valence-corrected chi connectivity index (χ1v) is 8.55. The van der Waals surface area contributed by atoms with Gasteiger partial charge in [0.15, 0.2) is 5.82 Å². The van der Waals surface area contributed by atoms with Gasteiger partial charge in [-0.25, -0.2) is 4.98 Å². The fraction of sp³-hybridized carbons (Fsp3) is 0.235. The minimum Gasteiger partial charge on any atom is -0.467 e. The summed E-state index contributed by atoms with van der Waals surface area (Å²) in [5.41, 5.74) is 2.16. The minimum atomic E-state index is -0.164. The lowest BCUT2D eigenvalue weighted by Crippen LogP contribution is -2.27. The Bertz CT molecular complexity index is 796. The van der Waals surface area contributed by atoms with Gasteiger partial charge in [0.25, 0.3) is 0 Å². The van der Waals surface area contributed by atoms with Gasteiger partial charge in [0.05, 0.1) is 18.1 Å². The quantitative estimate of drug-likeness (QED) is 0.671. The van der Waals surface area contributed by atoms with Crippen LogP contribution in [0.25, 0.3) is 11.4 Å². The lowest BCUT2D eigenvalue weighted by Gasteiger charge is -2.10. The predicted octanol–water partition coefficient (Wildman–Crippen LogP) is 3.34. The smallest absolute Gasteiger partial charge is 0.231 e. The molecule has 0 aliphatic carbocycles. The van der Waals surface area contributed by atoms with Crippen LogP contribution < -0.4 is 5.32 Å². The number of carbonyl (C=O) groups excluding carboxylic acids is 1. The number of hydrogen-bond acceptors (Lipinski definition) is 5. The Labute approximate surface area is 144 Å². The van der Waals surface area contributed by atoms with Crippen LogP contribution in [-0.4, -0.2) is 26.8 Å². The minimum absolute atomic E-state index is 0.0921. The predicted molar refractivity (Wildman–Crippen MR) is 92.5 cm³/mol. The third kappa shape index (κ3) is 4.05. The lowest BCUT2D eigenvalue weighted by molar-refractivity contribution is -0.119. The van der Waals surface area contributed by atoms with Crippen molar-refractivity contribution in [3.63, 3.8) is 0 Å². The molecule has 0 unspecified atom stereocenters. The number of carbonyl (C=O) groups is 1. The first kappa shape index (κ1) is 16.3. The van der Waals surface area contributed by atoms with Crippen molar-refractivity contribution in [1.82, 2.24) is 20.5 Å². The van der Waals surface area contributed by atoms with E-state index in [1.807, 2.05) is 44.2 Å². The highest BCUT2D eigenvalue weighted by Gasteiger charge is 2.13. The van der Waals surface area contributed by atoms with Gasteiger partial charge in [0.1, 0.15) is 5.76 Å². The topological polar surface area (TPSA) is 83.8 Å². The summed E-state index contributed by atoms with van der Waals surface area (Å²) in [6.45, 7) is 3.91. The molecule has 0 saturated carbocycles. The maximum absolute atomic E-state index is 12.0. The van der Waals surface area contributed by atoms with Gasteiger partial charge < -0.3 is 9.73 Å². The molecule has 2 aromatic heterocycles. The van der Waals surface area contributed by atoms with Gasteiger partial charge in [0.2, 0.25) is 11.1 Å². The lowest BCUT2D eigenvalue weighted by atomic mass is 10.1. The SMILES string of the molecule is Cc1ccc(-c2nc(SCC(=O)N[C@H](C)c3ccco3)n[nH]2)cc1. The van der Waals surface area contributed by atoms with Crippen LogP contribution in [-0.2, 0) is 4.79 Å². The third-order valence-corrected chi connectivity index (χ3v) is 4.32. The molecule has 0 saturated heterocycles. The van der Waals surface area contributed by atoms with Crippen LogP contribution in [0.4, 0.5) is 0 Å². The highest BCUT2D eigenvalue weighted by molar-refractivity contribution is 7.99. The van der Waals surface area contributed by atoms with Gasteiger partial charge in [-0.1, -0.05) is 41.6 Å². The number of furan rings is 1. The zero-order valence-corrected chi connectivity index (χ0v) is 14.3. The number of aryl methyl sites for hydroxylation is 1. The first-order valence-electron chi connectivity index (χ1n) is 7.57. The summed E-state index contributed by atoms with van der Waals surface area (Å²) in [6, 6.07) is 11.5. The van der Waals surface area contributed by atoms with Crippen molar-refractivity contribution in [1.29, 1.82) is 0 Å². The number of nitrogens with zero attached hydrogens (tertiary/aromatic N) is 2. The third-order valence-electron chi connectivity index (χ3n) is 3.47. The second kappa shape index (κ2) is 7.35. The van der Waals surface area contributed by atoms with E-state index in [-0.39, 0.29) is 17.7 Å². The first-order chi connectivity index (χ1) is 11.6. The summed E-state index contributed by atoms with van der Waals surface area (Å²) in [4.78, 5) is 16.4. The number of hydrogen-bond donors (Lipinski definition) is 2. The van der Waals surface area contributed by atoms with E-state index in [0.717, 1.165) is 11.3 Å². The summed E-state index contributed by atoms with van der Waals surface area (Å²) < 4.78 is 5.27. The molecule has 24 heavy (non-hydrogen) atoms. The summed E-state index contributed by atoms with van der Waals surface area (Å²) in [7, 11) is 0. The summed E-state index contributed by atoms with van der Waals surface area (Å²) in [5.74, 6) is 1.58. The highest BCUT2D eigenvalue weighted by atomic mass is 32.2. The van der Waals surface area contributed by atoms with E-state index in [0.29, 0.717) is 11.0 Å². The summed E-state index contributed by atoms with van der Waals surface area (Å²) in [6.07, 6.45) is 1.59. The Morgan fingerprint density at radius 3 is 2.83 bits per heavy atom. The molecule has 3 rings (SSSR count). The van der Waals surface area contributed by atoms with Gasteiger partial charge in [-0.2, -0.15) is 0 Å². The molecule has 0 bridgehead atoms. The summed E-state index contributed by atoms with van der Waals surface area (Å²) in [5, 5.41) is 10.5. The number of H-pyrrole nitrogens is 1. The Morgan fingerprint density at radius 2 is 2.12 bits per heavy atom. The molecule has 0 aliphatic rings. The van der Waals surface area contributed by atoms with E-state index in [1.165, 1.54) is 17.3 Å². The molecule has 2 heterocycles. The number of aromatic nitrogens is 3. The van der Waals surface area contributed by atoms with E-state index in [2.05, 4.69) is 20.5 Å². The molecule has 0 spiro atoms. The molecule has 6 nitrogen and oxygen atoms in total. The van der Waals surface area contributed by atoms with Gasteiger partial charge in [0, 0.05) is 5.56 Å². The van der Waals surface area contributed by atoms with Crippen LogP contribution in [0.1, 0.15) is 24.3 Å². The van der Waals surface area contributed by atoms with E-state index < -0.39 is 0 Å². The molecule has 1 amide bonds. The largest absolute Gasteiger partial charge is 0.467 e. The van der Waals surface area contributed by atoms with Crippen molar-refractivity contribution < 1.29 is 9.21 Å². The summed E-state index contributed by atoms with van der Waals surface area (Å²) >= 11 is 1.29. The Balaban J connectivity index is 1.53. The van der Waals surface area contributed by atoms with Gasteiger partial charge in [-0.05, 0) is 26.0 Å². The molecule has 0 fully saturated rings. The Kier molecular flexibility index (Phi) is 5.00. The van der Waals surface area contributed by atoms with E-state index in [9.17, 15) is 4.79 Å². The number of benzene rings is 1. The fourth-order valence-electron chi connectivity index (χ4n) is 2.17. The van der Waals surface area contributed by atoms with Crippen LogP contribution >= 0.6 is 11.8 Å². The van der Waals surface area contributed by atoms with Crippen LogP contribution in [0.3, 0.4) is 0 Å². The number of rotatable bonds is 6. The molecule has 3 aromatic rings. The van der Waals surface area contributed by atoms with E-state index in [1.54, 1.807) is 12.3 Å². The fourth-order valence-corrected chi connectivity index (χ4v) is 2.78. The normalized spacial score (nSPS) is 12.1. The second-order valence-electron chi connectivity index (χ2n) is 5.43. The van der Waals surface area contributed by atoms with Crippen molar-refractivity contribution in [3.05, 3.63) is 54.0 Å². The highest BCUT2D eigenvalue weighted by Crippen LogP contribution is 2.20. The zero-order valence-electron chi connectivity index (χ0n) is 13.4. The second-order valence-corrected chi connectivity index (χ2v) is 6.37. The zero-order chi connectivity index (χ0) is 16.9. The maximum Gasteiger partial charge on any atom is 0.231 e. The van der Waals surface area contributed by atoms with Crippen molar-refractivity contribution in [3.8, 4) is 11.4 Å². The number of aromatic amines is 1. The maximum atomic E-state index is 12.0. The van der Waals surface area contributed by atoms with Crippen LogP contribution in [0.15, 0.2) is 52.2 Å². The van der Waals surface area contributed by atoms with E-state index in [4.69, 9.17) is 4.42 Å². The molecular formula is C17H18N4O2S. The van der Waals surface area contributed by atoms with E-state index >= 15 is 0 Å². The Hall–Kier alpha value is -2.54. The number of nitrogens with one attached hydrogen (secondary N) is 2.